The fourth-order valence-corrected chi connectivity index (χ4v) is 4.93. The highest BCUT2D eigenvalue weighted by atomic mass is 16.2. The van der Waals surface area contributed by atoms with Gasteiger partial charge in [-0.25, -0.2) is 0 Å². The number of hydrogen-bond donors (Lipinski definition) is 1. The Labute approximate surface area is 202 Å². The summed E-state index contributed by atoms with van der Waals surface area (Å²) < 4.78 is 0. The third kappa shape index (κ3) is 5.85. The number of nitrogens with one attached hydrogen (secondary N) is 1. The van der Waals surface area contributed by atoms with Crippen molar-refractivity contribution in [3.05, 3.63) is 65.7 Å². The van der Waals surface area contributed by atoms with Crippen LogP contribution in [-0.4, -0.2) is 48.3 Å². The van der Waals surface area contributed by atoms with Crippen LogP contribution in [0.3, 0.4) is 0 Å². The molecular weight excluding hydrogens is 426 g/mol. The summed E-state index contributed by atoms with van der Waals surface area (Å²) in [6, 6.07) is 18.3. The second kappa shape index (κ2) is 10.9. The van der Waals surface area contributed by atoms with E-state index in [4.69, 9.17) is 0 Å². The number of aryl methyl sites for hydroxylation is 2. The average Bonchev–Trinajstić information content (AvgIpc) is 3.25. The molecule has 0 saturated carbocycles. The van der Waals surface area contributed by atoms with Crippen LogP contribution in [0.1, 0.15) is 43.7 Å². The predicted octanol–water partition coefficient (Wildman–Crippen LogP) is 3.72. The molecule has 2 aromatic carbocycles. The quantitative estimate of drug-likeness (QED) is 0.683. The molecule has 0 aliphatic carbocycles. The van der Waals surface area contributed by atoms with Gasteiger partial charge in [0.1, 0.15) is 0 Å². The van der Waals surface area contributed by atoms with Crippen molar-refractivity contribution in [2.45, 2.75) is 52.0 Å². The molecular formula is C28H35N3O3. The van der Waals surface area contributed by atoms with Crippen LogP contribution in [0.4, 0.5) is 5.69 Å². The molecule has 2 aliphatic rings. The van der Waals surface area contributed by atoms with E-state index in [0.717, 1.165) is 24.1 Å². The first-order chi connectivity index (χ1) is 16.4. The van der Waals surface area contributed by atoms with E-state index in [1.54, 1.807) is 4.90 Å². The molecule has 2 saturated heterocycles. The highest BCUT2D eigenvalue weighted by Gasteiger charge is 2.38. The summed E-state index contributed by atoms with van der Waals surface area (Å²) in [5.74, 6) is -0.233. The second-order valence-electron chi connectivity index (χ2n) is 9.77. The molecule has 2 aromatic rings. The Morgan fingerprint density at radius 3 is 2.35 bits per heavy atom. The summed E-state index contributed by atoms with van der Waals surface area (Å²) >= 11 is 0. The standard InChI is InChI=1S/C28H35N3O3/c1-20-8-12-25(13-9-20)31-19-24(18-26(31)32)28(34)30-16-14-23(15-17-30)27(33)29-21(2)10-11-22-6-4-3-5-7-22/h3-9,12-13,21,23-24H,10-11,14-19H2,1-2H3,(H,29,33)/t21-,24-/m0/s1. The minimum Gasteiger partial charge on any atom is -0.353 e. The van der Waals surface area contributed by atoms with Gasteiger partial charge in [-0.1, -0.05) is 48.0 Å². The zero-order chi connectivity index (χ0) is 24.1. The number of carbonyl (C=O) groups is 3. The van der Waals surface area contributed by atoms with E-state index in [9.17, 15) is 14.4 Å². The first-order valence-electron chi connectivity index (χ1n) is 12.4. The zero-order valence-corrected chi connectivity index (χ0v) is 20.2. The van der Waals surface area contributed by atoms with Crippen molar-refractivity contribution >= 4 is 23.4 Å². The molecule has 1 N–H and O–H groups in total. The largest absolute Gasteiger partial charge is 0.353 e. The van der Waals surface area contributed by atoms with Gasteiger partial charge in [-0.15, -0.1) is 0 Å². The number of piperidine rings is 1. The van der Waals surface area contributed by atoms with Gasteiger partial charge in [0, 0.05) is 43.7 Å². The fraction of sp³-hybridized carbons (Fsp3) is 0.464. The molecule has 0 unspecified atom stereocenters. The van der Waals surface area contributed by atoms with Crippen LogP contribution in [-0.2, 0) is 20.8 Å². The maximum Gasteiger partial charge on any atom is 0.228 e. The van der Waals surface area contributed by atoms with Crippen LogP contribution in [0.25, 0.3) is 0 Å². The van der Waals surface area contributed by atoms with Crippen LogP contribution < -0.4 is 10.2 Å². The fourth-order valence-electron chi connectivity index (χ4n) is 4.93. The van der Waals surface area contributed by atoms with E-state index in [0.29, 0.717) is 32.5 Å². The second-order valence-corrected chi connectivity index (χ2v) is 9.77. The van der Waals surface area contributed by atoms with Crippen LogP contribution in [0, 0.1) is 18.8 Å². The molecule has 34 heavy (non-hydrogen) atoms. The average molecular weight is 462 g/mol. The molecule has 3 amide bonds. The van der Waals surface area contributed by atoms with Crippen molar-refractivity contribution in [3.8, 4) is 0 Å². The van der Waals surface area contributed by atoms with Crippen molar-refractivity contribution in [2.75, 3.05) is 24.5 Å². The maximum absolute atomic E-state index is 13.1. The van der Waals surface area contributed by atoms with Crippen LogP contribution in [0.15, 0.2) is 54.6 Å². The van der Waals surface area contributed by atoms with Gasteiger partial charge in [-0.2, -0.15) is 0 Å². The van der Waals surface area contributed by atoms with Gasteiger partial charge >= 0.3 is 0 Å². The number of amides is 3. The lowest BCUT2D eigenvalue weighted by molar-refractivity contribution is -0.139. The molecule has 2 fully saturated rings. The van der Waals surface area contributed by atoms with Gasteiger partial charge in [0.25, 0.3) is 0 Å². The Morgan fingerprint density at radius 1 is 1.00 bits per heavy atom. The van der Waals surface area contributed by atoms with Crippen molar-refractivity contribution in [3.63, 3.8) is 0 Å². The van der Waals surface area contributed by atoms with E-state index < -0.39 is 0 Å². The molecule has 0 radical (unpaired) electrons. The van der Waals surface area contributed by atoms with Crippen molar-refractivity contribution in [1.82, 2.24) is 10.2 Å². The summed E-state index contributed by atoms with van der Waals surface area (Å²) in [5.41, 5.74) is 3.27. The maximum atomic E-state index is 13.1. The minimum atomic E-state index is -0.308. The molecule has 0 spiro atoms. The topological polar surface area (TPSA) is 69.7 Å². The predicted molar refractivity (Wildman–Crippen MR) is 133 cm³/mol. The molecule has 6 heteroatoms. The van der Waals surface area contributed by atoms with Crippen molar-refractivity contribution in [2.24, 2.45) is 11.8 Å². The van der Waals surface area contributed by atoms with Crippen LogP contribution in [0.5, 0.6) is 0 Å². The summed E-state index contributed by atoms with van der Waals surface area (Å²) in [6.45, 7) is 5.64. The highest BCUT2D eigenvalue weighted by molar-refractivity contribution is 6.00. The van der Waals surface area contributed by atoms with E-state index in [-0.39, 0.29) is 42.0 Å². The Balaban J connectivity index is 1.22. The molecule has 2 atom stereocenters. The van der Waals surface area contributed by atoms with Crippen molar-refractivity contribution in [1.29, 1.82) is 0 Å². The molecule has 0 bridgehead atoms. The van der Waals surface area contributed by atoms with Crippen molar-refractivity contribution < 1.29 is 14.4 Å². The molecule has 4 rings (SSSR count). The number of likely N-dealkylation sites (tertiary alicyclic amines) is 1. The van der Waals surface area contributed by atoms with E-state index in [1.807, 2.05) is 54.3 Å². The molecule has 180 valence electrons. The van der Waals surface area contributed by atoms with Crippen LogP contribution in [0.2, 0.25) is 0 Å². The third-order valence-corrected chi connectivity index (χ3v) is 7.09. The number of nitrogens with zero attached hydrogens (tertiary/aromatic N) is 2. The Hall–Kier alpha value is -3.15. The van der Waals surface area contributed by atoms with Gasteiger partial charge in [0.15, 0.2) is 0 Å². The van der Waals surface area contributed by atoms with E-state index >= 15 is 0 Å². The lowest BCUT2D eigenvalue weighted by Gasteiger charge is -2.33. The SMILES string of the molecule is Cc1ccc(N2C[C@@H](C(=O)N3CCC(C(=O)N[C@@H](C)CCc4ccccc4)CC3)CC2=O)cc1. The number of carbonyl (C=O) groups excluding carboxylic acids is 3. The Morgan fingerprint density at radius 2 is 1.68 bits per heavy atom. The molecule has 2 aliphatic heterocycles. The van der Waals surface area contributed by atoms with Gasteiger partial charge < -0.3 is 15.1 Å². The smallest absolute Gasteiger partial charge is 0.228 e. The van der Waals surface area contributed by atoms with E-state index in [2.05, 4.69) is 24.4 Å². The first-order valence-corrected chi connectivity index (χ1v) is 12.4. The summed E-state index contributed by atoms with van der Waals surface area (Å²) in [4.78, 5) is 42.0. The summed E-state index contributed by atoms with van der Waals surface area (Å²) in [5, 5.41) is 3.16. The van der Waals surface area contributed by atoms with Crippen LogP contribution >= 0.6 is 0 Å². The Bertz CT molecular complexity index is 997. The Kier molecular flexibility index (Phi) is 7.66. The number of rotatable bonds is 7. The number of benzene rings is 2. The lowest BCUT2D eigenvalue weighted by Crippen LogP contribution is -2.46. The normalized spacial score (nSPS) is 19.8. The van der Waals surface area contributed by atoms with Gasteiger partial charge in [-0.05, 0) is 57.2 Å². The number of anilines is 1. The third-order valence-electron chi connectivity index (χ3n) is 7.09. The van der Waals surface area contributed by atoms with Gasteiger partial charge in [-0.3, -0.25) is 14.4 Å². The van der Waals surface area contributed by atoms with E-state index in [1.165, 1.54) is 5.56 Å². The van der Waals surface area contributed by atoms with Gasteiger partial charge in [0.05, 0.1) is 5.92 Å². The molecule has 2 heterocycles. The molecule has 6 nitrogen and oxygen atoms in total. The summed E-state index contributed by atoms with van der Waals surface area (Å²) in [6.07, 6.45) is 3.44. The first kappa shape index (κ1) is 24.0. The van der Waals surface area contributed by atoms with Gasteiger partial charge in [0.2, 0.25) is 17.7 Å². The number of hydrogen-bond acceptors (Lipinski definition) is 3. The lowest BCUT2D eigenvalue weighted by atomic mass is 9.94. The minimum absolute atomic E-state index is 0.000886. The highest BCUT2D eigenvalue weighted by Crippen LogP contribution is 2.28. The molecule has 0 aromatic heterocycles. The summed E-state index contributed by atoms with van der Waals surface area (Å²) in [7, 11) is 0. The monoisotopic (exact) mass is 461 g/mol. The zero-order valence-electron chi connectivity index (χ0n) is 20.2.